The van der Waals surface area contributed by atoms with Gasteiger partial charge in [-0.2, -0.15) is 0 Å². The van der Waals surface area contributed by atoms with Crippen molar-refractivity contribution in [1.29, 1.82) is 0 Å². The van der Waals surface area contributed by atoms with E-state index in [1.54, 1.807) is 0 Å². The van der Waals surface area contributed by atoms with E-state index in [4.69, 9.17) is 123 Å². The number of carbonyl (C=O) groups is 17. The van der Waals surface area contributed by atoms with Crippen LogP contribution in [0, 0.1) is 0 Å². The van der Waals surface area contributed by atoms with Gasteiger partial charge in [0, 0.05) is 118 Å². The molecule has 0 aromatic carbocycles. The van der Waals surface area contributed by atoms with Gasteiger partial charge < -0.3 is 123 Å². The van der Waals surface area contributed by atoms with Crippen molar-refractivity contribution in [3.63, 3.8) is 0 Å². The largest absolute Gasteiger partial charge is 0.463 e. The second-order valence-electron chi connectivity index (χ2n) is 24.1. The molecule has 25 atom stereocenters. The van der Waals surface area contributed by atoms with Crippen LogP contribution in [0.2, 0.25) is 0 Å². The summed E-state index contributed by atoms with van der Waals surface area (Å²) in [5.41, 5.74) is 0. The molecule has 5 fully saturated rings. The summed E-state index contributed by atoms with van der Waals surface area (Å²) < 4.78 is 152. The second kappa shape index (κ2) is 40.5. The zero-order chi connectivity index (χ0) is 80.2. The van der Waals surface area contributed by atoms with Crippen molar-refractivity contribution in [2.45, 2.75) is 271 Å². The van der Waals surface area contributed by atoms with Crippen molar-refractivity contribution in [1.82, 2.24) is 0 Å². The highest BCUT2D eigenvalue weighted by atomic mass is 16.8. The van der Waals surface area contributed by atoms with E-state index in [2.05, 4.69) is 0 Å². The lowest BCUT2D eigenvalue weighted by molar-refractivity contribution is -0.393. The Morgan fingerprint density at radius 3 is 0.486 bits per heavy atom. The maximum atomic E-state index is 13.6. The highest BCUT2D eigenvalue weighted by Crippen LogP contribution is 2.42. The fraction of sp³-hybridized carbons (Fsp3) is 0.734. The summed E-state index contributed by atoms with van der Waals surface area (Å²) in [7, 11) is 0. The van der Waals surface area contributed by atoms with E-state index in [9.17, 15) is 81.5 Å². The Kier molecular flexibility index (Phi) is 33.4. The van der Waals surface area contributed by atoms with Gasteiger partial charge in [-0.15, -0.1) is 0 Å². The summed E-state index contributed by atoms with van der Waals surface area (Å²) in [6.07, 6.45) is -51.5. The molecule has 0 spiro atoms. The van der Waals surface area contributed by atoms with Crippen LogP contribution in [0.1, 0.15) is 118 Å². The zero-order valence-electron chi connectivity index (χ0n) is 61.0. The molecular weight excluding hydrogens is 1460 g/mol. The molecule has 43 heteroatoms. The monoisotopic (exact) mass is 1540 g/mol. The van der Waals surface area contributed by atoms with E-state index >= 15 is 0 Å². The molecule has 0 amide bonds. The smallest absolute Gasteiger partial charge is 0.305 e. The van der Waals surface area contributed by atoms with Gasteiger partial charge in [0.2, 0.25) is 12.4 Å². The van der Waals surface area contributed by atoms with Crippen LogP contribution >= 0.6 is 0 Å². The van der Waals surface area contributed by atoms with Gasteiger partial charge in [-0.1, -0.05) is 0 Å². The van der Waals surface area contributed by atoms with Crippen molar-refractivity contribution in [3.8, 4) is 0 Å². The Bertz CT molecular complexity index is 3240. The Balaban J connectivity index is 1.74. The lowest BCUT2D eigenvalue weighted by Gasteiger charge is -2.51. The summed E-state index contributed by atoms with van der Waals surface area (Å²) in [4.78, 5) is 221. The molecule has 0 aromatic rings. The summed E-state index contributed by atoms with van der Waals surface area (Å²) in [5, 5.41) is 0. The molecule has 107 heavy (non-hydrogen) atoms. The summed E-state index contributed by atoms with van der Waals surface area (Å²) >= 11 is 0. The predicted octanol–water partition coefficient (Wildman–Crippen LogP) is -2.22. The van der Waals surface area contributed by atoms with Crippen LogP contribution in [-0.2, 0) is 205 Å². The highest BCUT2D eigenvalue weighted by molar-refractivity contribution is 5.72. The Labute approximate surface area is 608 Å². The Morgan fingerprint density at radius 1 is 0.168 bits per heavy atom. The molecule has 43 nitrogen and oxygen atoms in total. The summed E-state index contributed by atoms with van der Waals surface area (Å²) in [5.74, 6) is -18.7. The van der Waals surface area contributed by atoms with E-state index in [0.29, 0.717) is 0 Å². The number of hydrogen-bond donors (Lipinski definition) is 0. The van der Waals surface area contributed by atoms with Crippen molar-refractivity contribution in [2.24, 2.45) is 0 Å². The van der Waals surface area contributed by atoms with E-state index in [1.807, 2.05) is 0 Å². The molecule has 0 bridgehead atoms. The fourth-order valence-electron chi connectivity index (χ4n) is 11.6. The van der Waals surface area contributed by atoms with Crippen LogP contribution in [0.25, 0.3) is 0 Å². The lowest BCUT2D eigenvalue weighted by Crippen LogP contribution is -2.70. The van der Waals surface area contributed by atoms with Crippen LogP contribution in [-0.4, -0.2) is 288 Å². The van der Waals surface area contributed by atoms with Gasteiger partial charge >= 0.3 is 101 Å². The molecular formula is C64H86O43. The number of ether oxygens (including phenoxy) is 26. The number of carbonyl (C=O) groups excluding carboxylic acids is 17. The van der Waals surface area contributed by atoms with Crippen LogP contribution < -0.4 is 0 Å². The van der Waals surface area contributed by atoms with Gasteiger partial charge in [0.05, 0.1) is 0 Å². The molecule has 5 rings (SSSR count). The molecule has 5 aliphatic rings. The van der Waals surface area contributed by atoms with Crippen molar-refractivity contribution >= 4 is 101 Å². The lowest BCUT2D eigenvalue weighted by atomic mass is 9.94. The maximum absolute atomic E-state index is 13.6. The average molecular weight is 1540 g/mol. The first kappa shape index (κ1) is 88.3. The highest BCUT2D eigenvalue weighted by Gasteiger charge is 2.63. The minimum Gasteiger partial charge on any atom is -0.463 e. The third-order valence-electron chi connectivity index (χ3n) is 15.0. The number of esters is 17. The Hall–Kier alpha value is -9.37. The van der Waals surface area contributed by atoms with Gasteiger partial charge in [0.15, 0.2) is 86.2 Å². The van der Waals surface area contributed by atoms with E-state index < -0.39 is 288 Å². The summed E-state index contributed by atoms with van der Waals surface area (Å²) in [6.45, 7) is 10.8. The van der Waals surface area contributed by atoms with Gasteiger partial charge in [-0.25, -0.2) is 0 Å². The molecule has 0 N–H and O–H groups in total. The van der Waals surface area contributed by atoms with Crippen LogP contribution in [0.3, 0.4) is 0 Å². The van der Waals surface area contributed by atoms with Crippen molar-refractivity contribution in [2.75, 3.05) is 33.0 Å². The van der Waals surface area contributed by atoms with Crippen molar-refractivity contribution in [3.05, 3.63) is 0 Å². The first-order valence-electron chi connectivity index (χ1n) is 32.7. The standard InChI is InChI=1S/C64H86O43/c1-23(65)82-18-40-45(87-28(6)70)50(88-29(7)71)56(94-35(13)77)61(100-40)105-47-42(20-84-25(3)67)102-63(58(96-37(15)79)52(47)90-31(9)73)107-49-44(22-86-27(5)69)103-64(59(97-38(16)80)54(49)92-33(11)75)106-48-43(21-85-26(4)68)101-62(57(95-36(14)78)53(48)91-32(10)74)104-46-41(19-83-24(2)66)99-60(98-39(17)81)55(93-34(12)76)51(46)89-30(8)72/h40-64H,18-22H2,1-17H3/t40-,41-,42-,43-,44-,45-,46-,47-,48-,49-,50+,51+,52+,53+,54+,55-,56-,57-,58-,59-,60?,61-,62-,63-,64-/m1/s1. The minimum atomic E-state index is -2.34. The third kappa shape index (κ3) is 26.8. The van der Waals surface area contributed by atoms with Crippen LogP contribution in [0.5, 0.6) is 0 Å². The van der Waals surface area contributed by atoms with Gasteiger partial charge in [-0.05, 0) is 0 Å². The molecule has 5 heterocycles. The topological polar surface area (TPSA) is 530 Å². The van der Waals surface area contributed by atoms with Gasteiger partial charge in [0.25, 0.3) is 0 Å². The molecule has 0 saturated carbocycles. The molecule has 5 aliphatic heterocycles. The first-order chi connectivity index (χ1) is 50.0. The predicted molar refractivity (Wildman–Crippen MR) is 329 cm³/mol. The second-order valence-corrected chi connectivity index (χ2v) is 24.1. The van der Waals surface area contributed by atoms with Gasteiger partial charge in [-0.3, -0.25) is 81.5 Å². The van der Waals surface area contributed by atoms with Crippen molar-refractivity contribution < 1.29 is 205 Å². The van der Waals surface area contributed by atoms with Gasteiger partial charge in [0.1, 0.15) is 88.0 Å². The molecule has 0 radical (unpaired) electrons. The normalized spacial score (nSPS) is 32.3. The van der Waals surface area contributed by atoms with E-state index in [-0.39, 0.29) is 0 Å². The zero-order valence-corrected chi connectivity index (χ0v) is 61.0. The third-order valence-corrected chi connectivity index (χ3v) is 15.0. The molecule has 1 unspecified atom stereocenters. The number of rotatable bonds is 30. The quantitative estimate of drug-likeness (QED) is 0.0543. The Morgan fingerprint density at radius 2 is 0.308 bits per heavy atom. The minimum absolute atomic E-state index is 0.792. The SMILES string of the molecule is CC(=O)OC[C@H]1O[C@H](O[C@H]2[C@H](OC(C)=O)[C@@H](OC(C)=O)[C@@H](O[C@H]3[C@H](OC(C)=O)[C@@H](OC(C)=O)[C@@H](O[C@H]4[C@H](OC(C)=O)[C@@H](OC(C)=O)[C@@H](O[C@H]5[C@H](OC(C)=O)[C@@H](OC(C)=O)C(OC(C)=O)O[C@@H]5COC(C)=O)O[C@@H]4COC(C)=O)O[C@@H]3COC(C)=O)O[C@@H]2COC(C)=O)[C@H](OC(C)=O)[C@@H](OC(C)=O)[C@@H]1OC(C)=O. The van der Waals surface area contributed by atoms with Crippen LogP contribution in [0.4, 0.5) is 0 Å². The summed E-state index contributed by atoms with van der Waals surface area (Å²) in [6, 6.07) is 0. The van der Waals surface area contributed by atoms with Crippen LogP contribution in [0.15, 0.2) is 0 Å². The molecule has 5 saturated heterocycles. The maximum Gasteiger partial charge on any atom is 0.305 e. The number of hydrogen-bond acceptors (Lipinski definition) is 43. The molecule has 0 aliphatic carbocycles. The van der Waals surface area contributed by atoms with E-state index in [1.165, 1.54) is 0 Å². The fourth-order valence-corrected chi connectivity index (χ4v) is 11.6. The molecule has 0 aromatic heterocycles. The average Bonchev–Trinajstić information content (AvgIpc) is 0.761. The first-order valence-corrected chi connectivity index (χ1v) is 32.7. The van der Waals surface area contributed by atoms with E-state index in [0.717, 1.165) is 118 Å². The molecule has 600 valence electrons.